The van der Waals surface area contributed by atoms with Crippen molar-refractivity contribution < 1.29 is 15.0 Å². The third-order valence-corrected chi connectivity index (χ3v) is 2.06. The van der Waals surface area contributed by atoms with Crippen molar-refractivity contribution in [1.82, 2.24) is 0 Å². The first-order chi connectivity index (χ1) is 6.07. The van der Waals surface area contributed by atoms with Crippen LogP contribution >= 0.6 is 0 Å². The fraction of sp³-hybridized carbons (Fsp3) is 0.300. The van der Waals surface area contributed by atoms with E-state index in [2.05, 4.69) is 0 Å². The Bertz CT molecular complexity index is 342. The maximum absolute atomic E-state index is 10.8. The van der Waals surface area contributed by atoms with Crippen LogP contribution in [0.15, 0.2) is 12.1 Å². The first-order valence-electron chi connectivity index (χ1n) is 4.12. The quantitative estimate of drug-likeness (QED) is 0.731. The maximum Gasteiger partial charge on any atom is 0.339 e. The van der Waals surface area contributed by atoms with Gasteiger partial charge in [0.1, 0.15) is 11.3 Å². The number of carbonyl (C=O) groups is 1. The zero-order chi connectivity index (χ0) is 10.0. The van der Waals surface area contributed by atoms with E-state index in [0.29, 0.717) is 17.5 Å². The molecule has 3 heteroatoms. The van der Waals surface area contributed by atoms with Gasteiger partial charge in [-0.15, -0.1) is 0 Å². The summed E-state index contributed by atoms with van der Waals surface area (Å²) in [5.74, 6) is -1.19. The minimum absolute atomic E-state index is 0.0301. The fourth-order valence-electron chi connectivity index (χ4n) is 1.27. The van der Waals surface area contributed by atoms with Gasteiger partial charge in [0, 0.05) is 0 Å². The van der Waals surface area contributed by atoms with Crippen LogP contribution in [0.5, 0.6) is 5.75 Å². The van der Waals surface area contributed by atoms with E-state index in [-0.39, 0.29) is 11.3 Å². The molecule has 0 saturated carbocycles. The van der Waals surface area contributed by atoms with Gasteiger partial charge in [0.25, 0.3) is 0 Å². The lowest BCUT2D eigenvalue weighted by atomic mass is 10.0. The number of hydrogen-bond acceptors (Lipinski definition) is 2. The number of aromatic carboxylic acids is 1. The van der Waals surface area contributed by atoms with E-state index in [1.54, 1.807) is 19.1 Å². The molecule has 1 aromatic rings. The van der Waals surface area contributed by atoms with E-state index in [0.717, 1.165) is 0 Å². The number of phenols is 1. The van der Waals surface area contributed by atoms with Gasteiger partial charge in [0.15, 0.2) is 0 Å². The highest BCUT2D eigenvalue weighted by Gasteiger charge is 2.15. The molecule has 0 radical (unpaired) electrons. The van der Waals surface area contributed by atoms with Crippen LogP contribution < -0.4 is 0 Å². The molecule has 70 valence electrons. The first kappa shape index (κ1) is 9.58. The molecule has 0 fully saturated rings. The molecule has 0 atom stereocenters. The summed E-state index contributed by atoms with van der Waals surface area (Å²) in [5, 5.41) is 18.3. The van der Waals surface area contributed by atoms with E-state index in [4.69, 9.17) is 5.11 Å². The van der Waals surface area contributed by atoms with Gasteiger partial charge >= 0.3 is 5.97 Å². The maximum atomic E-state index is 10.8. The number of hydrogen-bond donors (Lipinski definition) is 2. The number of benzene rings is 1. The van der Waals surface area contributed by atoms with Crippen molar-refractivity contribution >= 4 is 5.97 Å². The fourth-order valence-corrected chi connectivity index (χ4v) is 1.27. The summed E-state index contributed by atoms with van der Waals surface area (Å²) in [4.78, 5) is 10.8. The molecule has 0 amide bonds. The summed E-state index contributed by atoms with van der Waals surface area (Å²) in [6.45, 7) is 3.54. The molecule has 1 aromatic carbocycles. The number of aryl methyl sites for hydroxylation is 2. The van der Waals surface area contributed by atoms with Crippen LogP contribution in [0.2, 0.25) is 0 Å². The second-order valence-electron chi connectivity index (χ2n) is 2.92. The predicted molar refractivity (Wildman–Crippen MR) is 49.2 cm³/mol. The highest BCUT2D eigenvalue weighted by molar-refractivity contribution is 5.93. The molecule has 1 rings (SSSR count). The molecule has 0 bridgehead atoms. The second kappa shape index (κ2) is 3.47. The molecular formula is C10H12O3. The van der Waals surface area contributed by atoms with Gasteiger partial charge in [-0.1, -0.05) is 19.1 Å². The largest absolute Gasteiger partial charge is 0.507 e. The van der Waals surface area contributed by atoms with Crippen molar-refractivity contribution in [3.05, 3.63) is 28.8 Å². The Morgan fingerprint density at radius 3 is 2.54 bits per heavy atom. The van der Waals surface area contributed by atoms with Crippen LogP contribution in [-0.2, 0) is 6.42 Å². The first-order valence-corrected chi connectivity index (χ1v) is 4.12. The molecule has 0 heterocycles. The number of rotatable bonds is 2. The highest BCUT2D eigenvalue weighted by atomic mass is 16.4. The van der Waals surface area contributed by atoms with Crippen LogP contribution in [0.1, 0.15) is 28.4 Å². The average Bonchev–Trinajstić information content (AvgIpc) is 2.08. The van der Waals surface area contributed by atoms with Gasteiger partial charge in [-0.2, -0.15) is 0 Å². The Labute approximate surface area is 76.6 Å². The Morgan fingerprint density at radius 2 is 2.08 bits per heavy atom. The van der Waals surface area contributed by atoms with Crippen LogP contribution in [0.25, 0.3) is 0 Å². The van der Waals surface area contributed by atoms with E-state index < -0.39 is 5.97 Å². The van der Waals surface area contributed by atoms with Crippen LogP contribution in [-0.4, -0.2) is 16.2 Å². The topological polar surface area (TPSA) is 57.5 Å². The lowest BCUT2D eigenvalue weighted by molar-refractivity contribution is 0.0692. The zero-order valence-corrected chi connectivity index (χ0v) is 7.66. The monoisotopic (exact) mass is 180 g/mol. The Kier molecular flexibility index (Phi) is 2.56. The third kappa shape index (κ3) is 1.64. The summed E-state index contributed by atoms with van der Waals surface area (Å²) < 4.78 is 0. The van der Waals surface area contributed by atoms with Crippen molar-refractivity contribution in [3.63, 3.8) is 0 Å². The lowest BCUT2D eigenvalue weighted by Crippen LogP contribution is -2.03. The standard InChI is InChI=1S/C10H12O3/c1-3-7-5-4-6(2)9(11)8(7)10(12)13/h4-5,11H,3H2,1-2H3,(H,12,13). The van der Waals surface area contributed by atoms with Crippen molar-refractivity contribution in [3.8, 4) is 5.75 Å². The predicted octanol–water partition coefficient (Wildman–Crippen LogP) is 1.96. The smallest absolute Gasteiger partial charge is 0.339 e. The normalized spacial score (nSPS) is 10.0. The lowest BCUT2D eigenvalue weighted by Gasteiger charge is -2.07. The summed E-state index contributed by atoms with van der Waals surface area (Å²) in [6, 6.07) is 3.46. The highest BCUT2D eigenvalue weighted by Crippen LogP contribution is 2.25. The number of carboxylic acids is 1. The third-order valence-electron chi connectivity index (χ3n) is 2.06. The van der Waals surface area contributed by atoms with Crippen LogP contribution in [0, 0.1) is 6.92 Å². The molecule has 0 saturated heterocycles. The Hall–Kier alpha value is -1.51. The zero-order valence-electron chi connectivity index (χ0n) is 7.66. The number of carboxylic acid groups (broad SMARTS) is 1. The van der Waals surface area contributed by atoms with Gasteiger partial charge < -0.3 is 10.2 Å². The number of aromatic hydroxyl groups is 1. The summed E-state index contributed by atoms with van der Waals surface area (Å²) in [5.41, 5.74) is 1.28. The molecule has 0 spiro atoms. The Balaban J connectivity index is 3.41. The molecule has 0 aliphatic rings. The van der Waals surface area contributed by atoms with E-state index in [1.165, 1.54) is 0 Å². The minimum atomic E-state index is -1.07. The van der Waals surface area contributed by atoms with Gasteiger partial charge in [-0.05, 0) is 24.5 Å². The molecule has 0 aliphatic carbocycles. The molecular weight excluding hydrogens is 168 g/mol. The second-order valence-corrected chi connectivity index (χ2v) is 2.92. The van der Waals surface area contributed by atoms with Crippen molar-refractivity contribution in [2.24, 2.45) is 0 Å². The average molecular weight is 180 g/mol. The summed E-state index contributed by atoms with van der Waals surface area (Å²) in [6.07, 6.45) is 0.607. The summed E-state index contributed by atoms with van der Waals surface area (Å²) in [7, 11) is 0. The van der Waals surface area contributed by atoms with Gasteiger partial charge in [-0.3, -0.25) is 0 Å². The molecule has 0 unspecified atom stereocenters. The minimum Gasteiger partial charge on any atom is -0.507 e. The van der Waals surface area contributed by atoms with Crippen molar-refractivity contribution in [2.45, 2.75) is 20.3 Å². The van der Waals surface area contributed by atoms with Crippen LogP contribution in [0.3, 0.4) is 0 Å². The molecule has 0 aliphatic heterocycles. The molecule has 2 N–H and O–H groups in total. The SMILES string of the molecule is CCc1ccc(C)c(O)c1C(=O)O. The van der Waals surface area contributed by atoms with Gasteiger partial charge in [-0.25, -0.2) is 4.79 Å². The Morgan fingerprint density at radius 1 is 1.46 bits per heavy atom. The van der Waals surface area contributed by atoms with Crippen LogP contribution in [0.4, 0.5) is 0 Å². The van der Waals surface area contributed by atoms with Crippen molar-refractivity contribution in [1.29, 1.82) is 0 Å². The van der Waals surface area contributed by atoms with Gasteiger partial charge in [0.05, 0.1) is 0 Å². The molecule has 13 heavy (non-hydrogen) atoms. The van der Waals surface area contributed by atoms with E-state index >= 15 is 0 Å². The van der Waals surface area contributed by atoms with Gasteiger partial charge in [0.2, 0.25) is 0 Å². The van der Waals surface area contributed by atoms with Crippen molar-refractivity contribution in [2.75, 3.05) is 0 Å². The molecule has 0 aromatic heterocycles. The van der Waals surface area contributed by atoms with E-state index in [1.807, 2.05) is 6.92 Å². The summed E-state index contributed by atoms with van der Waals surface area (Å²) >= 11 is 0. The van der Waals surface area contributed by atoms with E-state index in [9.17, 15) is 9.90 Å². The molecule has 3 nitrogen and oxygen atoms in total.